The van der Waals surface area contributed by atoms with Crippen LogP contribution in [0.2, 0.25) is 0 Å². The van der Waals surface area contributed by atoms with Gasteiger partial charge in [-0.25, -0.2) is 13.1 Å². The number of halogens is 1. The summed E-state index contributed by atoms with van der Waals surface area (Å²) in [7, 11) is -3.15. The van der Waals surface area contributed by atoms with E-state index in [0.29, 0.717) is 6.54 Å². The van der Waals surface area contributed by atoms with Gasteiger partial charge in [-0.1, -0.05) is 0 Å². The Bertz CT molecular complexity index is 481. The monoisotopic (exact) mass is 352 g/mol. The maximum Gasteiger partial charge on any atom is 0.213 e. The molecule has 1 aromatic heterocycles. The molecule has 0 aliphatic carbocycles. The minimum atomic E-state index is -3.15. The number of thiophene rings is 1. The summed E-state index contributed by atoms with van der Waals surface area (Å²) < 4.78 is 27.4. The molecule has 4 nitrogen and oxygen atoms in total. The average Bonchev–Trinajstić information content (AvgIpc) is 2.89. The fourth-order valence-corrected chi connectivity index (χ4v) is 4.87. The minimum Gasteiger partial charge on any atom is -0.313 e. The molecular formula is C11H17BrN2O2S2. The molecule has 1 saturated heterocycles. The van der Waals surface area contributed by atoms with E-state index in [2.05, 4.69) is 26.0 Å². The van der Waals surface area contributed by atoms with Gasteiger partial charge < -0.3 is 5.32 Å². The lowest BCUT2D eigenvalue weighted by molar-refractivity contribution is 0.564. The Morgan fingerprint density at radius 2 is 2.33 bits per heavy atom. The third kappa shape index (κ3) is 4.62. The fraction of sp³-hybridized carbons (Fsp3) is 0.636. The number of rotatable bonds is 6. The molecule has 0 radical (unpaired) electrons. The van der Waals surface area contributed by atoms with Crippen molar-refractivity contribution < 1.29 is 8.42 Å². The van der Waals surface area contributed by atoms with Crippen molar-refractivity contribution in [2.75, 3.05) is 18.8 Å². The summed E-state index contributed by atoms with van der Waals surface area (Å²) in [5.41, 5.74) is 0. The summed E-state index contributed by atoms with van der Waals surface area (Å²) in [4.78, 5) is 1.18. The zero-order valence-corrected chi connectivity index (χ0v) is 13.2. The van der Waals surface area contributed by atoms with Crippen LogP contribution >= 0.6 is 27.3 Å². The second-order valence-electron chi connectivity index (χ2n) is 4.42. The summed E-state index contributed by atoms with van der Waals surface area (Å²) in [6.45, 7) is 1.41. The highest BCUT2D eigenvalue weighted by Crippen LogP contribution is 2.22. The Labute approximate surface area is 120 Å². The van der Waals surface area contributed by atoms with Gasteiger partial charge in [-0.3, -0.25) is 0 Å². The highest BCUT2D eigenvalue weighted by molar-refractivity contribution is 9.11. The molecule has 0 bridgehead atoms. The van der Waals surface area contributed by atoms with Gasteiger partial charge in [0.25, 0.3) is 0 Å². The molecule has 0 spiro atoms. The molecule has 1 aliphatic rings. The van der Waals surface area contributed by atoms with Gasteiger partial charge in [0.2, 0.25) is 10.0 Å². The van der Waals surface area contributed by atoms with Crippen LogP contribution in [0, 0.1) is 0 Å². The van der Waals surface area contributed by atoms with Gasteiger partial charge in [0.1, 0.15) is 0 Å². The molecule has 1 unspecified atom stereocenters. The predicted molar refractivity (Wildman–Crippen MR) is 78.5 cm³/mol. The Morgan fingerprint density at radius 1 is 1.50 bits per heavy atom. The second kappa shape index (κ2) is 6.47. The quantitative estimate of drug-likeness (QED) is 0.819. The normalized spacial score (nSPS) is 20.4. The molecule has 0 aromatic carbocycles. The lowest BCUT2D eigenvalue weighted by Gasteiger charge is -2.11. The Balaban J connectivity index is 1.74. The van der Waals surface area contributed by atoms with Gasteiger partial charge in [-0.05, 0) is 53.9 Å². The number of nitrogens with one attached hydrogen (secondary N) is 2. The lowest BCUT2D eigenvalue weighted by Crippen LogP contribution is -2.37. The van der Waals surface area contributed by atoms with E-state index in [1.807, 2.05) is 12.1 Å². The van der Waals surface area contributed by atoms with Crippen LogP contribution in [-0.2, 0) is 16.4 Å². The van der Waals surface area contributed by atoms with Crippen LogP contribution in [0.1, 0.15) is 17.7 Å². The van der Waals surface area contributed by atoms with Crippen molar-refractivity contribution in [1.82, 2.24) is 10.0 Å². The summed E-state index contributed by atoms with van der Waals surface area (Å²) >= 11 is 5.03. The van der Waals surface area contributed by atoms with Crippen LogP contribution < -0.4 is 10.0 Å². The van der Waals surface area contributed by atoms with Crippen LogP contribution in [0.15, 0.2) is 15.9 Å². The Hall–Kier alpha value is 0.0500. The maximum atomic E-state index is 11.8. The highest BCUT2D eigenvalue weighted by Gasteiger charge is 2.21. The molecular weight excluding hydrogens is 336 g/mol. The van der Waals surface area contributed by atoms with E-state index >= 15 is 0 Å². The summed E-state index contributed by atoms with van der Waals surface area (Å²) in [6, 6.07) is 4.12. The maximum absolute atomic E-state index is 11.8. The largest absolute Gasteiger partial charge is 0.313 e. The number of hydrogen-bond acceptors (Lipinski definition) is 4. The van der Waals surface area contributed by atoms with E-state index in [9.17, 15) is 8.42 Å². The second-order valence-corrected chi connectivity index (χ2v) is 8.82. The van der Waals surface area contributed by atoms with Gasteiger partial charge in [-0.15, -0.1) is 11.3 Å². The van der Waals surface area contributed by atoms with Crippen molar-refractivity contribution in [3.05, 3.63) is 20.8 Å². The molecule has 18 heavy (non-hydrogen) atoms. The summed E-state index contributed by atoms with van der Waals surface area (Å²) in [6.07, 6.45) is 2.77. The average molecular weight is 353 g/mol. The zero-order chi connectivity index (χ0) is 13.0. The minimum absolute atomic E-state index is 0.124. The van der Waals surface area contributed by atoms with Crippen molar-refractivity contribution >= 4 is 37.3 Å². The van der Waals surface area contributed by atoms with Gasteiger partial charge in [0, 0.05) is 17.5 Å². The lowest BCUT2D eigenvalue weighted by atomic mass is 10.3. The first-order valence-electron chi connectivity index (χ1n) is 6.00. The molecule has 102 valence electrons. The van der Waals surface area contributed by atoms with E-state index in [1.54, 1.807) is 11.3 Å². The van der Waals surface area contributed by atoms with Crippen molar-refractivity contribution in [3.63, 3.8) is 0 Å². The third-order valence-electron chi connectivity index (χ3n) is 2.91. The molecule has 1 aromatic rings. The first kappa shape index (κ1) is 14.5. The SMILES string of the molecule is O=S(=O)(CC1CCCN1)NCCc1ccc(Br)s1. The molecule has 1 fully saturated rings. The Morgan fingerprint density at radius 3 is 2.94 bits per heavy atom. The summed E-state index contributed by atoms with van der Waals surface area (Å²) in [5, 5.41) is 3.20. The van der Waals surface area contributed by atoms with Gasteiger partial charge in [0.05, 0.1) is 9.54 Å². The molecule has 0 saturated carbocycles. The fourth-order valence-electron chi connectivity index (χ4n) is 2.04. The number of hydrogen-bond donors (Lipinski definition) is 2. The first-order valence-corrected chi connectivity index (χ1v) is 9.26. The number of sulfonamides is 1. The molecule has 2 heterocycles. The standard InChI is InChI=1S/C11H17BrN2O2S2/c12-11-4-3-10(17-11)5-7-14-18(15,16)8-9-2-1-6-13-9/h3-4,9,13-14H,1-2,5-8H2. The van der Waals surface area contributed by atoms with Crippen molar-refractivity contribution in [2.45, 2.75) is 25.3 Å². The van der Waals surface area contributed by atoms with Crippen LogP contribution in [0.25, 0.3) is 0 Å². The van der Waals surface area contributed by atoms with E-state index in [1.165, 1.54) is 4.88 Å². The van der Waals surface area contributed by atoms with Gasteiger partial charge in [0.15, 0.2) is 0 Å². The van der Waals surface area contributed by atoms with Crippen LogP contribution in [0.5, 0.6) is 0 Å². The molecule has 2 rings (SSSR count). The Kier molecular flexibility index (Phi) is 5.20. The van der Waals surface area contributed by atoms with Crippen LogP contribution in [0.4, 0.5) is 0 Å². The van der Waals surface area contributed by atoms with Crippen molar-refractivity contribution in [2.24, 2.45) is 0 Å². The van der Waals surface area contributed by atoms with Crippen molar-refractivity contribution in [3.8, 4) is 0 Å². The van der Waals surface area contributed by atoms with Crippen LogP contribution in [-0.4, -0.2) is 33.3 Å². The highest BCUT2D eigenvalue weighted by atomic mass is 79.9. The predicted octanol–water partition coefficient (Wildman–Crippen LogP) is 1.72. The molecule has 1 atom stereocenters. The third-order valence-corrected chi connectivity index (χ3v) is 6.07. The molecule has 7 heteroatoms. The smallest absolute Gasteiger partial charge is 0.213 e. The first-order chi connectivity index (χ1) is 8.55. The van der Waals surface area contributed by atoms with E-state index in [4.69, 9.17) is 0 Å². The molecule has 1 aliphatic heterocycles. The summed E-state index contributed by atoms with van der Waals surface area (Å²) in [5.74, 6) is 0.196. The van der Waals surface area contributed by atoms with E-state index < -0.39 is 10.0 Å². The van der Waals surface area contributed by atoms with Crippen LogP contribution in [0.3, 0.4) is 0 Å². The zero-order valence-electron chi connectivity index (χ0n) is 9.99. The molecule has 0 amide bonds. The van der Waals surface area contributed by atoms with E-state index in [0.717, 1.165) is 29.6 Å². The van der Waals surface area contributed by atoms with Crippen molar-refractivity contribution in [1.29, 1.82) is 0 Å². The van der Waals surface area contributed by atoms with Gasteiger partial charge in [-0.2, -0.15) is 0 Å². The van der Waals surface area contributed by atoms with Gasteiger partial charge >= 0.3 is 0 Å². The molecule has 2 N–H and O–H groups in total. The van der Waals surface area contributed by atoms with E-state index in [-0.39, 0.29) is 11.8 Å². The topological polar surface area (TPSA) is 58.2 Å².